The van der Waals surface area contributed by atoms with E-state index in [9.17, 15) is 0 Å². The lowest BCUT2D eigenvalue weighted by Gasteiger charge is -2.32. The van der Waals surface area contributed by atoms with Crippen LogP contribution in [0.15, 0.2) is 52.9 Å². The van der Waals surface area contributed by atoms with E-state index >= 15 is 0 Å². The van der Waals surface area contributed by atoms with Gasteiger partial charge in [0, 0.05) is 52.9 Å². The van der Waals surface area contributed by atoms with Gasteiger partial charge in [0.05, 0.1) is 11.9 Å². The Hall–Kier alpha value is -3.25. The van der Waals surface area contributed by atoms with E-state index in [-0.39, 0.29) is 0 Å². The van der Waals surface area contributed by atoms with Gasteiger partial charge in [0.25, 0.3) is 0 Å². The summed E-state index contributed by atoms with van der Waals surface area (Å²) in [5.41, 5.74) is 9.95. The molecule has 0 aliphatic carbocycles. The van der Waals surface area contributed by atoms with Crippen LogP contribution in [0.1, 0.15) is 63.0 Å². The Kier molecular flexibility index (Phi) is 5.33. The Labute approximate surface area is 200 Å². The number of aromatic amines is 2. The van der Waals surface area contributed by atoms with Gasteiger partial charge >= 0.3 is 0 Å². The molecule has 34 heavy (non-hydrogen) atoms. The molecule has 2 N–H and O–H groups in total. The number of piperidine rings is 1. The van der Waals surface area contributed by atoms with Gasteiger partial charge in [-0.05, 0) is 79.6 Å². The standard InChI is InChI=1S/C28H32N6/c1-17(2)26-23-14-20(19-8-12-34(13-9-19)16-21-6-10-29-18(21)3)4-5-25(23)32-27(26)22-7-11-30-28-24(22)15-31-33-28/h4-5,7,10-11,14-15,17,19,32H,6,8-9,12-13,16H2,1-3H3,(H,30,31,33). The summed E-state index contributed by atoms with van der Waals surface area (Å²) >= 11 is 0. The quantitative estimate of drug-likeness (QED) is 0.381. The second-order valence-electron chi connectivity index (χ2n) is 10.1. The van der Waals surface area contributed by atoms with Crippen LogP contribution >= 0.6 is 0 Å². The lowest BCUT2D eigenvalue weighted by atomic mass is 9.87. The molecule has 6 rings (SSSR count). The van der Waals surface area contributed by atoms with Crippen LogP contribution in [0, 0.1) is 0 Å². The van der Waals surface area contributed by atoms with Gasteiger partial charge in [-0.2, -0.15) is 5.10 Å². The summed E-state index contributed by atoms with van der Waals surface area (Å²) in [6.45, 7) is 10.1. The maximum absolute atomic E-state index is 4.45. The summed E-state index contributed by atoms with van der Waals surface area (Å²) in [7, 11) is 0. The minimum atomic E-state index is 0.404. The van der Waals surface area contributed by atoms with Crippen molar-refractivity contribution in [2.45, 2.75) is 51.9 Å². The van der Waals surface area contributed by atoms with E-state index in [1.165, 1.54) is 51.8 Å². The molecule has 0 atom stereocenters. The molecule has 3 aromatic heterocycles. The molecule has 6 heteroatoms. The number of rotatable bonds is 5. The van der Waals surface area contributed by atoms with E-state index in [2.05, 4.69) is 75.1 Å². The number of hydrogen-bond acceptors (Lipinski definition) is 4. The van der Waals surface area contributed by atoms with Crippen LogP contribution in [0.2, 0.25) is 0 Å². The Morgan fingerprint density at radius 1 is 1.12 bits per heavy atom. The van der Waals surface area contributed by atoms with Crippen LogP contribution in [-0.2, 0) is 0 Å². The van der Waals surface area contributed by atoms with Gasteiger partial charge in [-0.25, -0.2) is 4.98 Å². The number of fused-ring (bicyclic) bond motifs is 2. The first-order chi connectivity index (χ1) is 16.6. The van der Waals surface area contributed by atoms with Gasteiger partial charge in [-0.3, -0.25) is 15.0 Å². The summed E-state index contributed by atoms with van der Waals surface area (Å²) in [5.74, 6) is 1.02. The zero-order valence-corrected chi connectivity index (χ0v) is 20.2. The molecule has 1 fully saturated rings. The molecule has 5 heterocycles. The van der Waals surface area contributed by atoms with E-state index < -0.39 is 0 Å². The molecule has 2 aliphatic heterocycles. The fourth-order valence-electron chi connectivity index (χ4n) is 5.77. The van der Waals surface area contributed by atoms with Gasteiger partial charge in [0.15, 0.2) is 5.65 Å². The van der Waals surface area contributed by atoms with Gasteiger partial charge in [-0.15, -0.1) is 0 Å². The number of nitrogens with zero attached hydrogens (tertiary/aromatic N) is 4. The minimum Gasteiger partial charge on any atom is -0.354 e. The molecule has 4 aromatic rings. The highest BCUT2D eigenvalue weighted by Gasteiger charge is 2.24. The third-order valence-corrected chi connectivity index (χ3v) is 7.67. The number of nitrogens with one attached hydrogen (secondary N) is 2. The molecule has 0 bridgehead atoms. The van der Waals surface area contributed by atoms with Crippen molar-refractivity contribution in [2.24, 2.45) is 4.99 Å². The van der Waals surface area contributed by atoms with Crippen molar-refractivity contribution in [2.75, 3.05) is 19.6 Å². The van der Waals surface area contributed by atoms with Crippen LogP contribution in [0.25, 0.3) is 33.2 Å². The highest BCUT2D eigenvalue weighted by molar-refractivity contribution is 5.98. The maximum Gasteiger partial charge on any atom is 0.155 e. The van der Waals surface area contributed by atoms with Crippen LogP contribution in [0.4, 0.5) is 0 Å². The smallest absolute Gasteiger partial charge is 0.155 e. The number of hydrogen-bond donors (Lipinski definition) is 2. The number of benzene rings is 1. The second kappa shape index (κ2) is 8.51. The van der Waals surface area contributed by atoms with Crippen molar-refractivity contribution in [3.05, 3.63) is 59.1 Å². The molecule has 0 unspecified atom stereocenters. The van der Waals surface area contributed by atoms with Crippen molar-refractivity contribution in [3.63, 3.8) is 0 Å². The van der Waals surface area contributed by atoms with Crippen LogP contribution in [0.3, 0.4) is 0 Å². The third kappa shape index (κ3) is 3.66. The molecular formula is C28H32N6. The highest BCUT2D eigenvalue weighted by atomic mass is 15.1. The average molecular weight is 453 g/mol. The number of pyridine rings is 1. The van der Waals surface area contributed by atoms with Crippen LogP contribution in [-0.4, -0.2) is 50.9 Å². The topological polar surface area (TPSA) is 73.0 Å². The lowest BCUT2D eigenvalue weighted by molar-refractivity contribution is 0.227. The number of allylic oxidation sites excluding steroid dienone is 1. The Bertz CT molecular complexity index is 1410. The Morgan fingerprint density at radius 2 is 1.97 bits per heavy atom. The summed E-state index contributed by atoms with van der Waals surface area (Å²) in [6, 6.07) is 9.17. The molecule has 174 valence electrons. The molecule has 0 spiro atoms. The number of likely N-dealkylation sites (tertiary alicyclic amines) is 1. The van der Waals surface area contributed by atoms with Crippen molar-refractivity contribution in [1.29, 1.82) is 0 Å². The molecule has 0 saturated carbocycles. The second-order valence-corrected chi connectivity index (χ2v) is 10.1. The third-order valence-electron chi connectivity index (χ3n) is 7.67. The summed E-state index contributed by atoms with van der Waals surface area (Å²) in [5, 5.41) is 9.63. The fraction of sp³-hybridized carbons (Fsp3) is 0.393. The van der Waals surface area contributed by atoms with E-state index in [1.54, 1.807) is 0 Å². The normalized spacial score (nSPS) is 17.8. The molecule has 0 radical (unpaired) electrons. The molecule has 1 saturated heterocycles. The summed E-state index contributed by atoms with van der Waals surface area (Å²) < 4.78 is 0. The zero-order chi connectivity index (χ0) is 23.2. The molecular weight excluding hydrogens is 420 g/mol. The van der Waals surface area contributed by atoms with Crippen molar-refractivity contribution < 1.29 is 0 Å². The average Bonchev–Trinajstić information content (AvgIpc) is 3.57. The number of aliphatic imine (C=N–C) groups is 1. The molecule has 0 amide bonds. The van der Waals surface area contributed by atoms with E-state index in [4.69, 9.17) is 0 Å². The number of aromatic nitrogens is 4. The first-order valence-corrected chi connectivity index (χ1v) is 12.5. The van der Waals surface area contributed by atoms with E-state index in [1.807, 2.05) is 18.6 Å². The molecule has 1 aromatic carbocycles. The zero-order valence-electron chi connectivity index (χ0n) is 20.2. The summed E-state index contributed by atoms with van der Waals surface area (Å²) in [4.78, 5) is 15.2. The lowest BCUT2D eigenvalue weighted by Crippen LogP contribution is -2.34. The SMILES string of the molecule is CC1=C(CN2CCC(c3ccc4[nH]c(-c5ccnc6[nH]ncc56)c(C(C)C)c4c3)CC2)CC=N1. The van der Waals surface area contributed by atoms with Gasteiger partial charge in [0.2, 0.25) is 0 Å². The predicted molar refractivity (Wildman–Crippen MR) is 139 cm³/mol. The van der Waals surface area contributed by atoms with Crippen molar-refractivity contribution in [3.8, 4) is 11.3 Å². The van der Waals surface area contributed by atoms with Crippen molar-refractivity contribution >= 4 is 28.2 Å². The van der Waals surface area contributed by atoms with Crippen LogP contribution in [0.5, 0.6) is 0 Å². The minimum absolute atomic E-state index is 0.404. The van der Waals surface area contributed by atoms with E-state index in [0.717, 1.165) is 42.7 Å². The Balaban J connectivity index is 1.29. The predicted octanol–water partition coefficient (Wildman–Crippen LogP) is 6.16. The van der Waals surface area contributed by atoms with Gasteiger partial charge < -0.3 is 4.98 Å². The first kappa shape index (κ1) is 21.3. The fourth-order valence-corrected chi connectivity index (χ4v) is 5.77. The van der Waals surface area contributed by atoms with Crippen molar-refractivity contribution in [1.82, 2.24) is 25.1 Å². The maximum atomic E-state index is 4.45. The monoisotopic (exact) mass is 452 g/mol. The highest BCUT2D eigenvalue weighted by Crippen LogP contribution is 2.40. The van der Waals surface area contributed by atoms with Crippen LogP contribution < -0.4 is 0 Å². The summed E-state index contributed by atoms with van der Waals surface area (Å²) in [6.07, 6.45) is 9.24. The number of H-pyrrole nitrogens is 2. The first-order valence-electron chi connectivity index (χ1n) is 12.5. The van der Waals surface area contributed by atoms with Gasteiger partial charge in [0.1, 0.15) is 0 Å². The largest absolute Gasteiger partial charge is 0.354 e. The Morgan fingerprint density at radius 3 is 2.74 bits per heavy atom. The van der Waals surface area contributed by atoms with Gasteiger partial charge in [-0.1, -0.05) is 19.9 Å². The molecule has 2 aliphatic rings. The molecule has 6 nitrogen and oxygen atoms in total. The van der Waals surface area contributed by atoms with E-state index in [0.29, 0.717) is 11.8 Å².